The molecule has 0 amide bonds. The monoisotopic (exact) mass is 524 g/mol. The van der Waals surface area contributed by atoms with Gasteiger partial charge >= 0.3 is 0 Å². The van der Waals surface area contributed by atoms with Crippen LogP contribution in [0.1, 0.15) is 23.1 Å². The number of hydrogen-bond acceptors (Lipinski definition) is 5. The molecular formula is C24H27Cl3N4OS. The Hall–Kier alpha value is -1.41. The van der Waals surface area contributed by atoms with Crippen molar-refractivity contribution < 1.29 is 5.11 Å². The van der Waals surface area contributed by atoms with Gasteiger partial charge in [-0.25, -0.2) is 4.68 Å². The molecule has 0 saturated carbocycles. The first-order valence-electron chi connectivity index (χ1n) is 10.7. The average Bonchev–Trinajstić information content (AvgIpc) is 3.11. The van der Waals surface area contributed by atoms with Crippen molar-refractivity contribution in [3.8, 4) is 5.69 Å². The zero-order valence-electron chi connectivity index (χ0n) is 18.9. The summed E-state index contributed by atoms with van der Waals surface area (Å²) in [7, 11) is 3.99. The molecule has 2 heterocycles. The molecule has 0 saturated heterocycles. The van der Waals surface area contributed by atoms with Crippen molar-refractivity contribution in [2.24, 2.45) is 0 Å². The zero-order valence-corrected chi connectivity index (χ0v) is 21.9. The minimum absolute atomic E-state index is 0.161. The van der Waals surface area contributed by atoms with Gasteiger partial charge in [0.05, 0.1) is 10.0 Å². The Morgan fingerprint density at radius 1 is 1.12 bits per heavy atom. The first-order valence-corrected chi connectivity index (χ1v) is 13.1. The number of anilines is 1. The quantitative estimate of drug-likeness (QED) is 0.387. The van der Waals surface area contributed by atoms with Crippen LogP contribution < -0.4 is 4.90 Å². The van der Waals surface area contributed by atoms with E-state index in [4.69, 9.17) is 39.9 Å². The van der Waals surface area contributed by atoms with Gasteiger partial charge in [-0.05, 0) is 42.4 Å². The van der Waals surface area contributed by atoms with Crippen LogP contribution in [0.2, 0.25) is 15.1 Å². The third kappa shape index (κ3) is 5.02. The smallest absolute Gasteiger partial charge is 0.137 e. The lowest BCUT2D eigenvalue weighted by molar-refractivity contribution is 0.129. The van der Waals surface area contributed by atoms with Gasteiger partial charge in [0.1, 0.15) is 16.5 Å². The highest BCUT2D eigenvalue weighted by atomic mass is 35.5. The largest absolute Gasteiger partial charge is 0.396 e. The Morgan fingerprint density at radius 3 is 2.39 bits per heavy atom. The fourth-order valence-electron chi connectivity index (χ4n) is 4.54. The first-order chi connectivity index (χ1) is 15.8. The molecule has 0 bridgehead atoms. The Labute approximate surface area is 214 Å². The molecule has 3 aromatic rings. The number of hydrogen-bond donors (Lipinski definition) is 1. The Morgan fingerprint density at radius 2 is 1.79 bits per heavy atom. The summed E-state index contributed by atoms with van der Waals surface area (Å²) in [5, 5.41) is 16.9. The molecule has 1 unspecified atom stereocenters. The summed E-state index contributed by atoms with van der Waals surface area (Å²) in [6.07, 6.45) is 3.67. The first kappa shape index (κ1) is 24.7. The maximum Gasteiger partial charge on any atom is 0.137 e. The molecule has 33 heavy (non-hydrogen) atoms. The summed E-state index contributed by atoms with van der Waals surface area (Å²) in [5.41, 5.74) is 4.42. The normalized spacial score (nSPS) is 16.2. The maximum atomic E-state index is 9.73. The Balaban J connectivity index is 1.80. The van der Waals surface area contributed by atoms with E-state index in [-0.39, 0.29) is 12.6 Å². The summed E-state index contributed by atoms with van der Waals surface area (Å²) in [4.78, 5) is 4.49. The number of aliphatic hydroxyl groups excluding tert-OH is 1. The molecule has 1 aromatic heterocycles. The third-order valence-corrected chi connectivity index (χ3v) is 7.53. The molecule has 1 atom stereocenters. The highest BCUT2D eigenvalue weighted by Crippen LogP contribution is 2.39. The number of rotatable bonds is 7. The number of halogens is 3. The number of benzene rings is 2. The predicted octanol–water partition coefficient (Wildman–Crippen LogP) is 5.93. The number of fused-ring (bicyclic) bond motifs is 1. The van der Waals surface area contributed by atoms with Gasteiger partial charge in [-0.1, -0.05) is 59.1 Å². The number of nitrogens with zero attached hydrogens (tertiary/aromatic N) is 4. The molecule has 9 heteroatoms. The average molecular weight is 526 g/mol. The molecule has 0 fully saturated rings. The van der Waals surface area contributed by atoms with Crippen molar-refractivity contribution in [3.05, 3.63) is 68.2 Å². The lowest BCUT2D eigenvalue weighted by Gasteiger charge is -2.37. The number of aliphatic hydroxyl groups is 1. The Kier molecular flexibility index (Phi) is 7.83. The molecule has 4 rings (SSSR count). The van der Waals surface area contributed by atoms with E-state index in [0.717, 1.165) is 35.8 Å². The highest BCUT2D eigenvalue weighted by molar-refractivity contribution is 7.98. The predicted molar refractivity (Wildman–Crippen MR) is 140 cm³/mol. The highest BCUT2D eigenvalue weighted by Gasteiger charge is 2.30. The van der Waals surface area contributed by atoms with E-state index >= 15 is 0 Å². The molecule has 1 aliphatic heterocycles. The standard InChI is InChI=1S/C24H27Cl3N4OS/c1-29(2)24-19(14-30-13-16-7-5-4-6-15(16)10-18(30)8-9-32)23(33-3)28-31(24)22-20(26)11-17(25)12-21(22)27/h4-7,11-12,18,32H,8-10,13-14H2,1-3H3. The van der Waals surface area contributed by atoms with Gasteiger partial charge in [0, 0.05) is 50.4 Å². The van der Waals surface area contributed by atoms with E-state index in [2.05, 4.69) is 29.2 Å². The van der Waals surface area contributed by atoms with Crippen molar-refractivity contribution in [2.45, 2.75) is 37.0 Å². The van der Waals surface area contributed by atoms with Crippen LogP contribution in [0.3, 0.4) is 0 Å². The van der Waals surface area contributed by atoms with E-state index in [1.54, 1.807) is 23.9 Å². The van der Waals surface area contributed by atoms with Gasteiger partial charge in [-0.3, -0.25) is 4.90 Å². The lowest BCUT2D eigenvalue weighted by Crippen LogP contribution is -2.40. The fourth-order valence-corrected chi connectivity index (χ4v) is 6.08. The molecule has 1 aliphatic rings. The van der Waals surface area contributed by atoms with Crippen LogP contribution in [-0.4, -0.2) is 52.8 Å². The molecule has 1 N–H and O–H groups in total. The van der Waals surface area contributed by atoms with Crippen LogP contribution in [0.4, 0.5) is 5.82 Å². The summed E-state index contributed by atoms with van der Waals surface area (Å²) < 4.78 is 1.82. The molecule has 176 valence electrons. The minimum atomic E-state index is 0.161. The number of aromatic nitrogens is 2. The van der Waals surface area contributed by atoms with E-state index in [9.17, 15) is 5.11 Å². The van der Waals surface area contributed by atoms with Gasteiger partial charge in [0.15, 0.2) is 0 Å². The van der Waals surface area contributed by atoms with Crippen molar-refractivity contribution >= 4 is 52.4 Å². The van der Waals surface area contributed by atoms with E-state index in [0.29, 0.717) is 27.3 Å². The Bertz CT molecular complexity index is 1130. The molecule has 5 nitrogen and oxygen atoms in total. The van der Waals surface area contributed by atoms with Crippen molar-refractivity contribution in [3.63, 3.8) is 0 Å². The lowest BCUT2D eigenvalue weighted by atomic mass is 9.92. The van der Waals surface area contributed by atoms with Crippen LogP contribution in [0.5, 0.6) is 0 Å². The SMILES string of the molecule is CSc1nn(-c2c(Cl)cc(Cl)cc2Cl)c(N(C)C)c1CN1Cc2ccccc2CC1CCO. The van der Waals surface area contributed by atoms with Crippen LogP contribution in [0, 0.1) is 0 Å². The molecule has 2 aromatic carbocycles. The topological polar surface area (TPSA) is 44.5 Å². The van der Waals surface area contributed by atoms with Crippen LogP contribution in [-0.2, 0) is 19.5 Å². The third-order valence-electron chi connectivity index (χ3n) is 6.02. The minimum Gasteiger partial charge on any atom is -0.396 e. The van der Waals surface area contributed by atoms with Crippen molar-refractivity contribution in [1.82, 2.24) is 14.7 Å². The van der Waals surface area contributed by atoms with E-state index in [1.807, 2.05) is 29.9 Å². The second kappa shape index (κ2) is 10.5. The van der Waals surface area contributed by atoms with Crippen molar-refractivity contribution in [2.75, 3.05) is 31.9 Å². The van der Waals surface area contributed by atoms with E-state index < -0.39 is 0 Å². The van der Waals surface area contributed by atoms with Gasteiger partial charge in [-0.2, -0.15) is 5.10 Å². The number of thioether (sulfide) groups is 1. The van der Waals surface area contributed by atoms with Gasteiger partial charge in [-0.15, -0.1) is 11.8 Å². The molecule has 0 radical (unpaired) electrons. The van der Waals surface area contributed by atoms with E-state index in [1.165, 1.54) is 11.1 Å². The second-order valence-electron chi connectivity index (χ2n) is 8.38. The molecular weight excluding hydrogens is 499 g/mol. The zero-order chi connectivity index (χ0) is 23.7. The van der Waals surface area contributed by atoms with Gasteiger partial charge < -0.3 is 10.0 Å². The van der Waals surface area contributed by atoms with Crippen LogP contribution >= 0.6 is 46.6 Å². The maximum absolute atomic E-state index is 9.73. The summed E-state index contributed by atoms with van der Waals surface area (Å²) in [6.45, 7) is 1.69. The van der Waals surface area contributed by atoms with Crippen molar-refractivity contribution in [1.29, 1.82) is 0 Å². The molecule has 0 spiro atoms. The van der Waals surface area contributed by atoms with Gasteiger partial charge in [0.25, 0.3) is 0 Å². The molecule has 0 aliphatic carbocycles. The second-order valence-corrected chi connectivity index (χ2v) is 10.4. The van der Waals surface area contributed by atoms with Crippen LogP contribution in [0.25, 0.3) is 5.69 Å². The summed E-state index contributed by atoms with van der Waals surface area (Å²) in [6, 6.07) is 12.2. The van der Waals surface area contributed by atoms with Gasteiger partial charge in [0.2, 0.25) is 0 Å². The van der Waals surface area contributed by atoms with Crippen LogP contribution in [0.15, 0.2) is 41.4 Å². The fraction of sp³-hybridized carbons (Fsp3) is 0.375. The summed E-state index contributed by atoms with van der Waals surface area (Å²) >= 11 is 20.9. The summed E-state index contributed by atoms with van der Waals surface area (Å²) in [5.74, 6) is 0.923.